The van der Waals surface area contributed by atoms with Gasteiger partial charge in [-0.25, -0.2) is 13.6 Å². The van der Waals surface area contributed by atoms with Crippen molar-refractivity contribution in [2.45, 2.75) is 31.6 Å². The van der Waals surface area contributed by atoms with Gasteiger partial charge in [-0.3, -0.25) is 10.1 Å². The Hall–Kier alpha value is -1.84. The highest BCUT2D eigenvalue weighted by molar-refractivity contribution is 7.89. The van der Waals surface area contributed by atoms with E-state index in [-0.39, 0.29) is 16.4 Å². The zero-order chi connectivity index (χ0) is 16.5. The maximum atomic E-state index is 12.3. The molecule has 7 nitrogen and oxygen atoms in total. The van der Waals surface area contributed by atoms with Gasteiger partial charge in [-0.15, -0.1) is 10.2 Å². The number of rotatable bonds is 4. The van der Waals surface area contributed by atoms with Crippen molar-refractivity contribution < 1.29 is 13.2 Å². The summed E-state index contributed by atoms with van der Waals surface area (Å²) in [6, 6.07) is 4.15. The van der Waals surface area contributed by atoms with Crippen molar-refractivity contribution in [3.8, 4) is 0 Å². The molecule has 0 atom stereocenters. The molecule has 0 saturated carbocycles. The van der Waals surface area contributed by atoms with Crippen LogP contribution < -0.4 is 10.5 Å². The molecule has 22 heavy (non-hydrogen) atoms. The third-order valence-electron chi connectivity index (χ3n) is 2.94. The van der Waals surface area contributed by atoms with Crippen LogP contribution in [0.2, 0.25) is 0 Å². The van der Waals surface area contributed by atoms with Gasteiger partial charge in [0, 0.05) is 11.5 Å². The summed E-state index contributed by atoms with van der Waals surface area (Å²) in [5.74, 6) is -0.231. The lowest BCUT2D eigenvalue weighted by Crippen LogP contribution is -2.17. The Morgan fingerprint density at radius 1 is 1.32 bits per heavy atom. The molecule has 0 spiro atoms. The van der Waals surface area contributed by atoms with Gasteiger partial charge in [0.05, 0.1) is 4.90 Å². The molecular formula is C13H16N4O3S2. The fourth-order valence-corrected chi connectivity index (χ4v) is 2.99. The molecule has 1 heterocycles. The predicted molar refractivity (Wildman–Crippen MR) is 84.5 cm³/mol. The number of benzene rings is 1. The molecule has 1 aromatic carbocycles. The molecule has 3 N–H and O–H groups in total. The van der Waals surface area contributed by atoms with Crippen LogP contribution in [0.1, 0.15) is 40.7 Å². The van der Waals surface area contributed by atoms with E-state index < -0.39 is 15.9 Å². The first-order valence-electron chi connectivity index (χ1n) is 6.46. The summed E-state index contributed by atoms with van der Waals surface area (Å²) in [6.07, 6.45) is 0. The van der Waals surface area contributed by atoms with Crippen LogP contribution in [0, 0.1) is 6.92 Å². The number of hydrogen-bond acceptors (Lipinski definition) is 6. The summed E-state index contributed by atoms with van der Waals surface area (Å²) < 4.78 is 22.8. The smallest absolute Gasteiger partial charge is 0.257 e. The van der Waals surface area contributed by atoms with E-state index in [1.807, 2.05) is 13.8 Å². The fraction of sp³-hybridized carbons (Fsp3) is 0.308. The van der Waals surface area contributed by atoms with Crippen LogP contribution in [0.3, 0.4) is 0 Å². The topological polar surface area (TPSA) is 115 Å². The van der Waals surface area contributed by atoms with Crippen molar-refractivity contribution in [2.75, 3.05) is 5.32 Å². The normalized spacial score (nSPS) is 11.7. The third-order valence-corrected chi connectivity index (χ3v) is 4.99. The summed E-state index contributed by atoms with van der Waals surface area (Å²) >= 11 is 1.28. The van der Waals surface area contributed by atoms with Gasteiger partial charge in [-0.05, 0) is 24.6 Å². The number of hydrogen-bond donors (Lipinski definition) is 2. The van der Waals surface area contributed by atoms with Gasteiger partial charge in [-0.2, -0.15) is 0 Å². The van der Waals surface area contributed by atoms with Crippen LogP contribution in [-0.2, 0) is 10.0 Å². The van der Waals surface area contributed by atoms with Crippen LogP contribution in [0.15, 0.2) is 23.1 Å². The third kappa shape index (κ3) is 3.67. The standard InChI is InChI=1S/C13H16N4O3S2/c1-7(2)12-16-17-13(21-12)15-11(18)10-6-9(22(14,19)20)5-4-8(10)3/h4-7H,1-3H3,(H2,14,19,20)(H,15,17,18). The van der Waals surface area contributed by atoms with Crippen molar-refractivity contribution in [2.24, 2.45) is 5.14 Å². The zero-order valence-corrected chi connectivity index (χ0v) is 14.0. The maximum absolute atomic E-state index is 12.3. The molecule has 0 aliphatic rings. The first kappa shape index (κ1) is 16.5. The minimum Gasteiger partial charge on any atom is -0.296 e. The molecule has 118 valence electrons. The zero-order valence-electron chi connectivity index (χ0n) is 12.3. The molecule has 1 aromatic heterocycles. The second kappa shape index (κ2) is 6.11. The Morgan fingerprint density at radius 3 is 2.55 bits per heavy atom. The summed E-state index contributed by atoms with van der Waals surface area (Å²) in [7, 11) is -3.86. The number of aromatic nitrogens is 2. The summed E-state index contributed by atoms with van der Waals surface area (Å²) in [5.41, 5.74) is 0.867. The van der Waals surface area contributed by atoms with Gasteiger partial charge in [0.1, 0.15) is 5.01 Å². The van der Waals surface area contributed by atoms with Crippen LogP contribution in [0.4, 0.5) is 5.13 Å². The number of carbonyl (C=O) groups is 1. The van der Waals surface area contributed by atoms with Gasteiger partial charge in [0.2, 0.25) is 15.2 Å². The number of nitrogens with two attached hydrogens (primary N) is 1. The number of anilines is 1. The average molecular weight is 340 g/mol. The fourth-order valence-electron chi connectivity index (χ4n) is 1.71. The van der Waals surface area contributed by atoms with Gasteiger partial charge >= 0.3 is 0 Å². The molecule has 1 amide bonds. The molecule has 0 fully saturated rings. The highest BCUT2D eigenvalue weighted by Gasteiger charge is 2.17. The monoisotopic (exact) mass is 340 g/mol. The number of nitrogens with one attached hydrogen (secondary N) is 1. The SMILES string of the molecule is Cc1ccc(S(N)(=O)=O)cc1C(=O)Nc1nnc(C(C)C)s1. The number of primary sulfonamides is 1. The van der Waals surface area contributed by atoms with E-state index in [0.29, 0.717) is 10.7 Å². The molecule has 2 aromatic rings. The molecule has 0 saturated heterocycles. The first-order chi connectivity index (χ1) is 10.2. The first-order valence-corrected chi connectivity index (χ1v) is 8.83. The lowest BCUT2D eigenvalue weighted by molar-refractivity contribution is 0.102. The molecule has 9 heteroatoms. The Kier molecular flexibility index (Phi) is 4.59. The highest BCUT2D eigenvalue weighted by atomic mass is 32.2. The van der Waals surface area contributed by atoms with Gasteiger partial charge in [0.25, 0.3) is 5.91 Å². The Labute approximate surface area is 132 Å². The van der Waals surface area contributed by atoms with E-state index in [4.69, 9.17) is 5.14 Å². The van der Waals surface area contributed by atoms with Gasteiger partial charge < -0.3 is 0 Å². The number of amides is 1. The molecule has 0 radical (unpaired) electrons. The van der Waals surface area contributed by atoms with Crippen molar-refractivity contribution in [1.82, 2.24) is 10.2 Å². The Morgan fingerprint density at radius 2 is 2.00 bits per heavy atom. The summed E-state index contributed by atoms with van der Waals surface area (Å²) in [4.78, 5) is 12.2. The van der Waals surface area contributed by atoms with E-state index in [9.17, 15) is 13.2 Å². The number of nitrogens with zero attached hydrogens (tertiary/aromatic N) is 2. The summed E-state index contributed by atoms with van der Waals surface area (Å²) in [5, 5.41) is 16.8. The quantitative estimate of drug-likeness (QED) is 0.881. The largest absolute Gasteiger partial charge is 0.296 e. The number of sulfonamides is 1. The molecule has 2 rings (SSSR count). The molecule has 0 aliphatic heterocycles. The predicted octanol–water partition coefficient (Wildman–Crippen LogP) is 1.87. The van der Waals surface area contributed by atoms with Gasteiger partial charge in [0.15, 0.2) is 0 Å². The lowest BCUT2D eigenvalue weighted by Gasteiger charge is -2.07. The Balaban J connectivity index is 2.29. The van der Waals surface area contributed by atoms with Crippen LogP contribution in [0.25, 0.3) is 0 Å². The van der Waals surface area contributed by atoms with Crippen LogP contribution >= 0.6 is 11.3 Å². The number of aryl methyl sites for hydroxylation is 1. The van der Waals surface area contributed by atoms with E-state index in [0.717, 1.165) is 5.01 Å². The minimum absolute atomic E-state index is 0.108. The van der Waals surface area contributed by atoms with Crippen molar-refractivity contribution >= 4 is 32.4 Å². The number of carbonyl (C=O) groups excluding carboxylic acids is 1. The lowest BCUT2D eigenvalue weighted by atomic mass is 10.1. The van der Waals surface area contributed by atoms with E-state index in [1.165, 1.54) is 29.5 Å². The second-order valence-corrected chi connectivity index (χ2v) is 7.65. The van der Waals surface area contributed by atoms with Crippen molar-refractivity contribution in [1.29, 1.82) is 0 Å². The molecular weight excluding hydrogens is 324 g/mol. The average Bonchev–Trinajstić information content (AvgIpc) is 2.86. The summed E-state index contributed by atoms with van der Waals surface area (Å²) in [6.45, 7) is 5.67. The van der Waals surface area contributed by atoms with Crippen LogP contribution in [0.5, 0.6) is 0 Å². The minimum atomic E-state index is -3.86. The van der Waals surface area contributed by atoms with Gasteiger partial charge in [-0.1, -0.05) is 31.3 Å². The highest BCUT2D eigenvalue weighted by Crippen LogP contribution is 2.23. The van der Waals surface area contributed by atoms with Crippen molar-refractivity contribution in [3.05, 3.63) is 34.3 Å². The molecule has 0 bridgehead atoms. The molecule has 0 aliphatic carbocycles. The van der Waals surface area contributed by atoms with Crippen LogP contribution in [-0.4, -0.2) is 24.5 Å². The van der Waals surface area contributed by atoms with E-state index >= 15 is 0 Å². The Bertz CT molecular complexity index is 812. The second-order valence-electron chi connectivity index (χ2n) is 5.08. The molecule has 0 unspecified atom stereocenters. The maximum Gasteiger partial charge on any atom is 0.257 e. The van der Waals surface area contributed by atoms with Crippen molar-refractivity contribution in [3.63, 3.8) is 0 Å². The van der Waals surface area contributed by atoms with E-state index in [1.54, 1.807) is 6.92 Å². The van der Waals surface area contributed by atoms with E-state index in [2.05, 4.69) is 15.5 Å².